The zero-order valence-corrected chi connectivity index (χ0v) is 17.8. The van der Waals surface area contributed by atoms with E-state index in [1.807, 2.05) is 0 Å². The van der Waals surface area contributed by atoms with Crippen molar-refractivity contribution in [2.45, 2.75) is 45.4 Å². The summed E-state index contributed by atoms with van der Waals surface area (Å²) in [4.78, 5) is 0. The van der Waals surface area contributed by atoms with E-state index < -0.39 is 0 Å². The number of hydrogen-bond donors (Lipinski definition) is 0. The van der Waals surface area contributed by atoms with Crippen LogP contribution in [0.25, 0.3) is 0 Å². The molecule has 0 spiro atoms. The molecular weight excluding hydrogens is 402 g/mol. The Morgan fingerprint density at radius 1 is 0.783 bits per heavy atom. The van der Waals surface area contributed by atoms with Gasteiger partial charge in [-0.2, -0.15) is 0 Å². The summed E-state index contributed by atoms with van der Waals surface area (Å²) in [5.41, 5.74) is 3.57. The van der Waals surface area contributed by atoms with Crippen molar-refractivity contribution >= 4 is 0 Å². The molecule has 0 aromatic carbocycles. The van der Waals surface area contributed by atoms with E-state index in [0.717, 1.165) is 29.6 Å². The molecule has 4 atom stereocenters. The Morgan fingerprint density at radius 3 is 1.65 bits per heavy atom. The van der Waals surface area contributed by atoms with E-state index in [-0.39, 0.29) is 51.0 Å². The molecule has 0 nitrogen and oxygen atoms in total. The number of fused-ring (bicyclic) bond motifs is 2. The van der Waals surface area contributed by atoms with Crippen molar-refractivity contribution in [3.05, 3.63) is 47.6 Å². The van der Waals surface area contributed by atoms with Gasteiger partial charge in [-0.05, 0) is 68.1 Å². The molecule has 124 valence electrons. The summed E-state index contributed by atoms with van der Waals surface area (Å²) in [6.07, 6.45) is 22.6. The standard InChI is InChI=1S/C20H26.2ClH.Zr/c1-14(17-12-10-15-6-2-4-8-19(15)17)18-13-11-16-7-3-5-9-20(16)18;;;/h2-5,8-9,14-18H,6-7,10-13H2,1H3;2*1H;/q;;;+2/p-2. The van der Waals surface area contributed by atoms with E-state index in [9.17, 15) is 0 Å². The molecule has 0 saturated heterocycles. The Labute approximate surface area is 172 Å². The SMILES string of the molecule is CC(C1CCC2CC=CC=C21)C1CCC2CC=CC=C21.[Cl-].[Cl-].[Zr+2]. The Bertz CT molecular complexity index is 472. The van der Waals surface area contributed by atoms with Crippen LogP contribution in [0.4, 0.5) is 0 Å². The quantitative estimate of drug-likeness (QED) is 0.554. The van der Waals surface area contributed by atoms with Gasteiger partial charge in [0.2, 0.25) is 0 Å². The van der Waals surface area contributed by atoms with Crippen LogP contribution in [0.1, 0.15) is 45.4 Å². The minimum atomic E-state index is 0. The van der Waals surface area contributed by atoms with Crippen molar-refractivity contribution in [3.8, 4) is 0 Å². The van der Waals surface area contributed by atoms with Crippen LogP contribution in [0.3, 0.4) is 0 Å². The number of allylic oxidation sites excluding steroid dienone is 8. The molecule has 4 aliphatic rings. The first-order valence-electron chi connectivity index (χ1n) is 8.58. The molecule has 4 rings (SSSR count). The van der Waals surface area contributed by atoms with Gasteiger partial charge in [0, 0.05) is 0 Å². The molecule has 4 aliphatic carbocycles. The van der Waals surface area contributed by atoms with Crippen LogP contribution in [0, 0.1) is 29.6 Å². The summed E-state index contributed by atoms with van der Waals surface area (Å²) in [6.45, 7) is 2.54. The molecule has 0 bridgehead atoms. The van der Waals surface area contributed by atoms with Crippen molar-refractivity contribution in [3.63, 3.8) is 0 Å². The molecule has 0 aliphatic heterocycles. The van der Waals surface area contributed by atoms with Gasteiger partial charge >= 0.3 is 26.2 Å². The van der Waals surface area contributed by atoms with Crippen molar-refractivity contribution in [2.75, 3.05) is 0 Å². The maximum absolute atomic E-state index is 2.54. The van der Waals surface area contributed by atoms with Gasteiger partial charge in [0.15, 0.2) is 0 Å². The molecule has 23 heavy (non-hydrogen) atoms. The van der Waals surface area contributed by atoms with E-state index >= 15 is 0 Å². The molecule has 0 heterocycles. The van der Waals surface area contributed by atoms with Gasteiger partial charge in [-0.15, -0.1) is 0 Å². The minimum Gasteiger partial charge on any atom is -1.00 e. The molecule has 4 unspecified atom stereocenters. The molecule has 0 aromatic heterocycles. The first-order valence-corrected chi connectivity index (χ1v) is 8.58. The van der Waals surface area contributed by atoms with E-state index in [1.54, 1.807) is 11.1 Å². The fraction of sp³-hybridized carbons (Fsp3) is 0.600. The molecule has 0 amide bonds. The monoisotopic (exact) mass is 426 g/mol. The average Bonchev–Trinajstić information content (AvgIpc) is 3.11. The van der Waals surface area contributed by atoms with Crippen LogP contribution < -0.4 is 24.8 Å². The Balaban J connectivity index is 0.000000882. The predicted octanol–water partition coefficient (Wildman–Crippen LogP) is -0.547. The number of hydrogen-bond acceptors (Lipinski definition) is 0. The third kappa shape index (κ3) is 3.99. The van der Waals surface area contributed by atoms with Gasteiger partial charge in [-0.25, -0.2) is 0 Å². The van der Waals surface area contributed by atoms with Gasteiger partial charge in [-0.1, -0.05) is 54.5 Å². The molecular formula is C20H26Cl2Zr. The largest absolute Gasteiger partial charge is 2.00 e. The molecule has 0 N–H and O–H groups in total. The Hall–Kier alpha value is 0.423. The van der Waals surface area contributed by atoms with Crippen LogP contribution in [0.2, 0.25) is 0 Å². The van der Waals surface area contributed by atoms with Crippen LogP contribution in [0.5, 0.6) is 0 Å². The maximum Gasteiger partial charge on any atom is 2.00 e. The third-order valence-electron chi connectivity index (χ3n) is 6.41. The van der Waals surface area contributed by atoms with Crippen LogP contribution in [-0.4, -0.2) is 0 Å². The van der Waals surface area contributed by atoms with Crippen LogP contribution >= 0.6 is 0 Å². The van der Waals surface area contributed by atoms with Crippen LogP contribution in [0.15, 0.2) is 47.6 Å². The normalized spacial score (nSPS) is 34.8. The second-order valence-corrected chi connectivity index (χ2v) is 7.28. The zero-order valence-electron chi connectivity index (χ0n) is 13.8. The van der Waals surface area contributed by atoms with E-state index in [4.69, 9.17) is 0 Å². The van der Waals surface area contributed by atoms with Crippen molar-refractivity contribution in [2.24, 2.45) is 29.6 Å². The first kappa shape index (κ1) is 21.5. The first-order chi connectivity index (χ1) is 9.84. The molecule has 2 fully saturated rings. The van der Waals surface area contributed by atoms with Crippen molar-refractivity contribution < 1.29 is 51.0 Å². The van der Waals surface area contributed by atoms with Crippen LogP contribution in [-0.2, 0) is 26.2 Å². The summed E-state index contributed by atoms with van der Waals surface area (Å²) in [6, 6.07) is 0. The summed E-state index contributed by atoms with van der Waals surface area (Å²) < 4.78 is 0. The summed E-state index contributed by atoms with van der Waals surface area (Å²) in [5, 5.41) is 0. The zero-order chi connectivity index (χ0) is 13.5. The van der Waals surface area contributed by atoms with E-state index in [1.165, 1.54) is 38.5 Å². The second-order valence-electron chi connectivity index (χ2n) is 7.28. The summed E-state index contributed by atoms with van der Waals surface area (Å²) in [7, 11) is 0. The molecule has 3 heteroatoms. The Morgan fingerprint density at radius 2 is 1.22 bits per heavy atom. The van der Waals surface area contributed by atoms with Gasteiger partial charge in [0.25, 0.3) is 0 Å². The average molecular weight is 429 g/mol. The van der Waals surface area contributed by atoms with Crippen molar-refractivity contribution in [1.29, 1.82) is 0 Å². The number of rotatable bonds is 2. The van der Waals surface area contributed by atoms with Gasteiger partial charge < -0.3 is 24.8 Å². The second kappa shape index (κ2) is 9.21. The summed E-state index contributed by atoms with van der Waals surface area (Å²) >= 11 is 0. The number of halogens is 2. The van der Waals surface area contributed by atoms with E-state index in [0.29, 0.717) is 0 Å². The molecule has 0 radical (unpaired) electrons. The molecule has 0 aromatic rings. The fourth-order valence-electron chi connectivity index (χ4n) is 5.32. The van der Waals surface area contributed by atoms with Gasteiger partial charge in [0.1, 0.15) is 0 Å². The van der Waals surface area contributed by atoms with Gasteiger partial charge in [0.05, 0.1) is 0 Å². The summed E-state index contributed by atoms with van der Waals surface area (Å²) in [5.74, 6) is 4.33. The Kier molecular flexibility index (Phi) is 8.60. The molecule has 2 saturated carbocycles. The van der Waals surface area contributed by atoms with Gasteiger partial charge in [-0.3, -0.25) is 0 Å². The topological polar surface area (TPSA) is 0 Å². The minimum absolute atomic E-state index is 0. The van der Waals surface area contributed by atoms with Crippen molar-refractivity contribution in [1.82, 2.24) is 0 Å². The fourth-order valence-corrected chi connectivity index (χ4v) is 5.32. The maximum atomic E-state index is 2.54. The van der Waals surface area contributed by atoms with E-state index in [2.05, 4.69) is 43.4 Å². The smallest absolute Gasteiger partial charge is 1.00 e. The predicted molar refractivity (Wildman–Crippen MR) is 85.3 cm³/mol. The third-order valence-corrected chi connectivity index (χ3v) is 6.41.